The van der Waals surface area contributed by atoms with Gasteiger partial charge in [-0.2, -0.15) is 0 Å². The molecule has 0 saturated heterocycles. The van der Waals surface area contributed by atoms with Gasteiger partial charge in [0.15, 0.2) is 0 Å². The van der Waals surface area contributed by atoms with Gasteiger partial charge in [0, 0.05) is 11.6 Å². The first-order valence-electron chi connectivity index (χ1n) is 11.0. The highest BCUT2D eigenvalue weighted by molar-refractivity contribution is 5.81. The van der Waals surface area contributed by atoms with Crippen molar-refractivity contribution < 1.29 is 13.9 Å². The van der Waals surface area contributed by atoms with Gasteiger partial charge in [0.1, 0.15) is 12.4 Å². The Morgan fingerprint density at radius 1 is 1.19 bits per heavy atom. The average molecular weight is 418 g/mol. The number of hydrogen-bond donors (Lipinski definition) is 0. The zero-order valence-corrected chi connectivity index (χ0v) is 17.7. The summed E-state index contributed by atoms with van der Waals surface area (Å²) in [5.74, 6) is -0.928. The van der Waals surface area contributed by atoms with E-state index in [0.717, 1.165) is 64.9 Å². The topological polar surface area (TPSA) is 61.2 Å². The number of carbonyl (C=O) groups is 1. The predicted molar refractivity (Wildman–Crippen MR) is 114 cm³/mol. The van der Waals surface area contributed by atoms with Crippen LogP contribution in [-0.2, 0) is 35.5 Å². The zero-order chi connectivity index (χ0) is 21.4. The molecule has 0 saturated carbocycles. The maximum absolute atomic E-state index is 14.8. The molecule has 0 amide bonds. The smallest absolute Gasteiger partial charge is 0.313 e. The highest BCUT2D eigenvalue weighted by Gasteiger charge is 2.36. The second-order valence-corrected chi connectivity index (χ2v) is 8.96. The van der Waals surface area contributed by atoms with Crippen LogP contribution in [0.2, 0.25) is 0 Å². The number of allylic oxidation sites excluding steroid dienone is 3. The van der Waals surface area contributed by atoms with Crippen LogP contribution in [0.4, 0.5) is 4.39 Å². The molecule has 0 aromatic carbocycles. The minimum Gasteiger partial charge on any atom is -0.460 e. The molecule has 4 aliphatic rings. The molecule has 2 aromatic rings. The Labute approximate surface area is 179 Å². The summed E-state index contributed by atoms with van der Waals surface area (Å²) in [6.07, 6.45) is 5.60. The van der Waals surface area contributed by atoms with Crippen molar-refractivity contribution in [3.05, 3.63) is 66.9 Å². The van der Waals surface area contributed by atoms with Crippen LogP contribution in [0.1, 0.15) is 72.5 Å². The standard InChI is InChI=1S/C25H23FN2O3/c1-3-14-16-8-22-23-18(10-28(22)24(29)19(16)11-31-25(14)30)15-6-4-5-13-7-17(15)21(27-23)9-20(26)12(13)2/h8-9,14H,3-7,10-11H2,1-2H3. The molecule has 2 aromatic heterocycles. The maximum Gasteiger partial charge on any atom is 0.313 e. The SMILES string of the molecule is CCC1C(=O)OCc2c1cc1n(c2=O)Cc2c-1nc1c3c2CCCC(=C(C)C(F)=C1)C3. The largest absolute Gasteiger partial charge is 0.460 e. The summed E-state index contributed by atoms with van der Waals surface area (Å²) in [5.41, 5.74) is 8.68. The van der Waals surface area contributed by atoms with E-state index in [2.05, 4.69) is 0 Å². The fourth-order valence-corrected chi connectivity index (χ4v) is 5.67. The molecule has 2 aliphatic heterocycles. The normalized spacial score (nSPS) is 20.9. The van der Waals surface area contributed by atoms with Gasteiger partial charge in [0.05, 0.1) is 35.1 Å². The number of fused-ring (bicyclic) bond motifs is 6. The van der Waals surface area contributed by atoms with Crippen LogP contribution in [-0.4, -0.2) is 15.5 Å². The summed E-state index contributed by atoms with van der Waals surface area (Å²) in [4.78, 5) is 30.5. The van der Waals surface area contributed by atoms with Crippen molar-refractivity contribution in [2.45, 2.75) is 65.0 Å². The van der Waals surface area contributed by atoms with Gasteiger partial charge in [0.25, 0.3) is 5.56 Å². The van der Waals surface area contributed by atoms with E-state index < -0.39 is 5.92 Å². The number of aromatic nitrogens is 2. The van der Waals surface area contributed by atoms with Crippen molar-refractivity contribution >= 4 is 12.0 Å². The summed E-state index contributed by atoms with van der Waals surface area (Å²) in [6.45, 7) is 4.28. The lowest BCUT2D eigenvalue weighted by molar-refractivity contribution is -0.148. The molecule has 0 spiro atoms. The number of pyridine rings is 2. The Hall–Kier alpha value is -3.02. The molecular weight excluding hydrogens is 395 g/mol. The van der Waals surface area contributed by atoms with E-state index in [1.807, 2.05) is 19.9 Å². The molecule has 0 radical (unpaired) electrons. The second-order valence-electron chi connectivity index (χ2n) is 8.96. The molecule has 1 atom stereocenters. The van der Waals surface area contributed by atoms with Gasteiger partial charge in [-0.25, -0.2) is 9.37 Å². The molecular formula is C25H23FN2O3. The molecule has 6 heteroatoms. The van der Waals surface area contributed by atoms with Crippen molar-refractivity contribution in [1.29, 1.82) is 0 Å². The molecule has 31 heavy (non-hydrogen) atoms. The quantitative estimate of drug-likeness (QED) is 0.552. The van der Waals surface area contributed by atoms with Crippen LogP contribution >= 0.6 is 0 Å². The van der Waals surface area contributed by atoms with Crippen LogP contribution in [0.3, 0.4) is 0 Å². The minimum atomic E-state index is -0.430. The van der Waals surface area contributed by atoms with E-state index in [0.29, 0.717) is 24.2 Å². The molecule has 1 unspecified atom stereocenters. The number of nitrogens with zero attached hydrogens (tertiary/aromatic N) is 2. The minimum absolute atomic E-state index is 0.0261. The van der Waals surface area contributed by atoms with Crippen molar-refractivity contribution in [2.75, 3.05) is 0 Å². The van der Waals surface area contributed by atoms with Crippen LogP contribution in [0.5, 0.6) is 0 Å². The van der Waals surface area contributed by atoms with Gasteiger partial charge >= 0.3 is 5.97 Å². The summed E-state index contributed by atoms with van der Waals surface area (Å²) < 4.78 is 21.9. The molecule has 6 rings (SSSR count). The molecule has 0 N–H and O–H groups in total. The highest BCUT2D eigenvalue weighted by Crippen LogP contribution is 2.42. The number of carbonyl (C=O) groups excluding carboxylic acids is 1. The van der Waals surface area contributed by atoms with Gasteiger partial charge in [-0.1, -0.05) is 12.5 Å². The van der Waals surface area contributed by atoms with E-state index in [-0.39, 0.29) is 24.0 Å². The van der Waals surface area contributed by atoms with Crippen molar-refractivity contribution in [3.63, 3.8) is 0 Å². The molecule has 2 aliphatic carbocycles. The summed E-state index contributed by atoms with van der Waals surface area (Å²) >= 11 is 0. The number of rotatable bonds is 1. The average Bonchev–Trinajstić information content (AvgIpc) is 2.91. The summed E-state index contributed by atoms with van der Waals surface area (Å²) in [5, 5.41) is 0. The Morgan fingerprint density at radius 2 is 2.03 bits per heavy atom. The van der Waals surface area contributed by atoms with E-state index in [4.69, 9.17) is 9.72 Å². The van der Waals surface area contributed by atoms with Gasteiger partial charge in [-0.3, -0.25) is 9.59 Å². The monoisotopic (exact) mass is 418 g/mol. The molecule has 4 heterocycles. The molecule has 2 bridgehead atoms. The van der Waals surface area contributed by atoms with Crippen LogP contribution in [0.25, 0.3) is 17.5 Å². The van der Waals surface area contributed by atoms with Crippen LogP contribution in [0, 0.1) is 0 Å². The summed E-state index contributed by atoms with van der Waals surface area (Å²) in [7, 11) is 0. The third-order valence-electron chi connectivity index (χ3n) is 7.42. The first-order valence-corrected chi connectivity index (χ1v) is 11.0. The lowest BCUT2D eigenvalue weighted by Gasteiger charge is -2.24. The number of halogens is 1. The molecule has 5 nitrogen and oxygen atoms in total. The van der Waals surface area contributed by atoms with Gasteiger partial charge in [0.2, 0.25) is 0 Å². The first kappa shape index (κ1) is 18.7. The Kier molecular flexibility index (Phi) is 3.92. The van der Waals surface area contributed by atoms with Crippen molar-refractivity contribution in [2.24, 2.45) is 0 Å². The number of ether oxygens (including phenoxy) is 1. The lowest BCUT2D eigenvalue weighted by Crippen LogP contribution is -2.32. The maximum atomic E-state index is 14.8. The number of esters is 1. The van der Waals surface area contributed by atoms with E-state index in [1.165, 1.54) is 5.56 Å². The fraction of sp³-hybridized carbons (Fsp3) is 0.400. The van der Waals surface area contributed by atoms with Crippen LogP contribution < -0.4 is 5.56 Å². The second kappa shape index (κ2) is 6.49. The fourth-order valence-electron chi connectivity index (χ4n) is 5.67. The van der Waals surface area contributed by atoms with Crippen LogP contribution in [0.15, 0.2) is 27.8 Å². The molecule has 0 fully saturated rings. The third-order valence-corrected chi connectivity index (χ3v) is 7.42. The number of cyclic esters (lactones) is 1. The Morgan fingerprint density at radius 3 is 2.84 bits per heavy atom. The first-order chi connectivity index (χ1) is 15.0. The van der Waals surface area contributed by atoms with Gasteiger partial charge in [-0.15, -0.1) is 0 Å². The van der Waals surface area contributed by atoms with Gasteiger partial charge < -0.3 is 9.30 Å². The highest BCUT2D eigenvalue weighted by atomic mass is 19.1. The van der Waals surface area contributed by atoms with E-state index in [9.17, 15) is 14.0 Å². The lowest BCUT2D eigenvalue weighted by atomic mass is 9.90. The van der Waals surface area contributed by atoms with Crippen molar-refractivity contribution in [1.82, 2.24) is 9.55 Å². The zero-order valence-electron chi connectivity index (χ0n) is 17.7. The van der Waals surface area contributed by atoms with Crippen molar-refractivity contribution in [3.8, 4) is 11.4 Å². The molecule has 158 valence electrons. The Balaban J connectivity index is 1.62. The van der Waals surface area contributed by atoms with E-state index >= 15 is 0 Å². The Bertz CT molecular complexity index is 1320. The van der Waals surface area contributed by atoms with E-state index in [1.54, 1.807) is 10.6 Å². The number of hydrogen-bond acceptors (Lipinski definition) is 4. The van der Waals surface area contributed by atoms with Gasteiger partial charge in [-0.05, 0) is 67.4 Å². The summed E-state index contributed by atoms with van der Waals surface area (Å²) in [6, 6.07) is 1.95. The predicted octanol–water partition coefficient (Wildman–Crippen LogP) is 4.34. The third kappa shape index (κ3) is 2.51.